The summed E-state index contributed by atoms with van der Waals surface area (Å²) < 4.78 is 5.09. The lowest BCUT2D eigenvalue weighted by molar-refractivity contribution is -0.152. The zero-order chi connectivity index (χ0) is 9.73. The molecule has 0 aromatic rings. The van der Waals surface area contributed by atoms with E-state index in [1.165, 1.54) is 0 Å². The van der Waals surface area contributed by atoms with Gasteiger partial charge < -0.3 is 4.74 Å². The molecule has 2 nitrogen and oxygen atoms in total. The minimum atomic E-state index is -0.0472. The fourth-order valence-corrected chi connectivity index (χ4v) is 1.62. The van der Waals surface area contributed by atoms with E-state index in [2.05, 4.69) is 26.0 Å². The van der Waals surface area contributed by atoms with E-state index in [1.54, 1.807) is 0 Å². The Morgan fingerprint density at radius 2 is 2.31 bits per heavy atom. The van der Waals surface area contributed by atoms with Gasteiger partial charge in [-0.25, -0.2) is 0 Å². The van der Waals surface area contributed by atoms with Crippen molar-refractivity contribution in [1.29, 1.82) is 0 Å². The Morgan fingerprint density at radius 3 is 2.77 bits per heavy atom. The maximum absolute atomic E-state index is 10.9. The third-order valence-corrected chi connectivity index (χ3v) is 2.76. The lowest BCUT2D eigenvalue weighted by Gasteiger charge is -2.32. The highest BCUT2D eigenvalue weighted by atomic mass is 16.5. The van der Waals surface area contributed by atoms with E-state index in [9.17, 15) is 4.79 Å². The number of allylic oxidation sites excluding steroid dienone is 1. The number of hydrogen-bond donors (Lipinski definition) is 0. The van der Waals surface area contributed by atoms with Crippen LogP contribution in [0, 0.1) is 5.41 Å². The lowest BCUT2D eigenvalue weighted by Crippen LogP contribution is -2.31. The largest absolute Gasteiger partial charge is 0.465 e. The predicted octanol–water partition coefficient (Wildman–Crippen LogP) is 2.69. The first kappa shape index (κ1) is 10.3. The molecule has 1 heterocycles. The van der Waals surface area contributed by atoms with Crippen LogP contribution in [0.3, 0.4) is 0 Å². The van der Waals surface area contributed by atoms with Crippen molar-refractivity contribution in [2.45, 2.75) is 39.5 Å². The highest BCUT2D eigenvalue weighted by Crippen LogP contribution is 2.34. The normalized spacial score (nSPS) is 29.2. The molecule has 0 spiro atoms. The second kappa shape index (κ2) is 4.45. The predicted molar refractivity (Wildman–Crippen MR) is 52.3 cm³/mol. The molecule has 1 saturated heterocycles. The van der Waals surface area contributed by atoms with Gasteiger partial charge in [0.05, 0.1) is 0 Å². The summed E-state index contributed by atoms with van der Waals surface area (Å²) in [4.78, 5) is 10.9. The summed E-state index contributed by atoms with van der Waals surface area (Å²) in [5.41, 5.74) is 0.129. The minimum absolute atomic E-state index is 0.0472. The topological polar surface area (TPSA) is 26.3 Å². The monoisotopic (exact) mass is 182 g/mol. The van der Waals surface area contributed by atoms with Crippen LogP contribution in [0.5, 0.6) is 0 Å². The summed E-state index contributed by atoms with van der Waals surface area (Å²) in [6, 6.07) is 0. The van der Waals surface area contributed by atoms with Crippen molar-refractivity contribution >= 4 is 5.97 Å². The molecule has 1 aliphatic heterocycles. The number of ether oxygens (including phenoxy) is 1. The van der Waals surface area contributed by atoms with Crippen LogP contribution in [0.1, 0.15) is 39.5 Å². The SMILES string of the molecule is CCC=CC1(CC)CCC(=O)OC1. The van der Waals surface area contributed by atoms with E-state index >= 15 is 0 Å². The highest BCUT2D eigenvalue weighted by Gasteiger charge is 2.31. The molecule has 0 N–H and O–H groups in total. The third kappa shape index (κ3) is 2.58. The average Bonchev–Trinajstić information content (AvgIpc) is 2.18. The van der Waals surface area contributed by atoms with E-state index < -0.39 is 0 Å². The van der Waals surface area contributed by atoms with Crippen LogP contribution >= 0.6 is 0 Å². The van der Waals surface area contributed by atoms with Crippen LogP contribution in [0.4, 0.5) is 0 Å². The highest BCUT2D eigenvalue weighted by molar-refractivity contribution is 5.70. The summed E-state index contributed by atoms with van der Waals surface area (Å²) in [6.07, 6.45) is 8.01. The maximum Gasteiger partial charge on any atom is 0.305 e. The molecule has 1 rings (SSSR count). The van der Waals surface area contributed by atoms with Crippen molar-refractivity contribution < 1.29 is 9.53 Å². The first-order chi connectivity index (χ1) is 6.22. The summed E-state index contributed by atoms with van der Waals surface area (Å²) in [7, 11) is 0. The lowest BCUT2D eigenvalue weighted by atomic mass is 9.79. The van der Waals surface area contributed by atoms with Gasteiger partial charge in [-0.3, -0.25) is 4.79 Å². The van der Waals surface area contributed by atoms with Crippen molar-refractivity contribution in [3.63, 3.8) is 0 Å². The third-order valence-electron chi connectivity index (χ3n) is 2.76. The smallest absolute Gasteiger partial charge is 0.305 e. The molecule has 0 aliphatic carbocycles. The molecular formula is C11H18O2. The summed E-state index contributed by atoms with van der Waals surface area (Å²) in [5.74, 6) is -0.0472. The Bertz CT molecular complexity index is 196. The van der Waals surface area contributed by atoms with Crippen LogP contribution in [0.15, 0.2) is 12.2 Å². The number of rotatable bonds is 3. The van der Waals surface area contributed by atoms with Crippen LogP contribution in [0.25, 0.3) is 0 Å². The van der Waals surface area contributed by atoms with Crippen molar-refractivity contribution in [3.05, 3.63) is 12.2 Å². The van der Waals surface area contributed by atoms with Gasteiger partial charge in [0.15, 0.2) is 0 Å². The van der Waals surface area contributed by atoms with Gasteiger partial charge in [-0.1, -0.05) is 26.0 Å². The molecule has 0 bridgehead atoms. The number of carbonyl (C=O) groups excluding carboxylic acids is 1. The van der Waals surface area contributed by atoms with Crippen LogP contribution in [-0.2, 0) is 9.53 Å². The van der Waals surface area contributed by atoms with Gasteiger partial charge in [0.25, 0.3) is 0 Å². The van der Waals surface area contributed by atoms with Gasteiger partial charge in [-0.2, -0.15) is 0 Å². The van der Waals surface area contributed by atoms with Gasteiger partial charge in [-0.15, -0.1) is 0 Å². The summed E-state index contributed by atoms with van der Waals surface area (Å²) in [5, 5.41) is 0. The maximum atomic E-state index is 10.9. The van der Waals surface area contributed by atoms with Crippen LogP contribution in [-0.4, -0.2) is 12.6 Å². The minimum Gasteiger partial charge on any atom is -0.465 e. The van der Waals surface area contributed by atoms with E-state index in [0.717, 1.165) is 19.3 Å². The fraction of sp³-hybridized carbons (Fsp3) is 0.727. The average molecular weight is 182 g/mol. The van der Waals surface area contributed by atoms with Crippen molar-refractivity contribution in [3.8, 4) is 0 Å². The van der Waals surface area contributed by atoms with Crippen molar-refractivity contribution in [1.82, 2.24) is 0 Å². The summed E-state index contributed by atoms with van der Waals surface area (Å²) in [6.45, 7) is 4.84. The standard InChI is InChI=1S/C11H18O2/c1-3-5-7-11(4-2)8-6-10(12)13-9-11/h5,7H,3-4,6,8-9H2,1-2H3. The number of esters is 1. The Labute approximate surface area is 80.0 Å². The van der Waals surface area contributed by atoms with E-state index in [4.69, 9.17) is 4.74 Å². The second-order valence-electron chi connectivity index (χ2n) is 3.69. The number of cyclic esters (lactones) is 1. The van der Waals surface area contributed by atoms with Gasteiger partial charge >= 0.3 is 5.97 Å². The molecule has 74 valence electrons. The molecule has 0 radical (unpaired) electrons. The zero-order valence-corrected chi connectivity index (χ0v) is 8.51. The number of carbonyl (C=O) groups is 1. The summed E-state index contributed by atoms with van der Waals surface area (Å²) >= 11 is 0. The van der Waals surface area contributed by atoms with E-state index in [-0.39, 0.29) is 11.4 Å². The Hall–Kier alpha value is -0.790. The van der Waals surface area contributed by atoms with E-state index in [0.29, 0.717) is 13.0 Å². The van der Waals surface area contributed by atoms with Crippen LogP contribution < -0.4 is 0 Å². The molecular weight excluding hydrogens is 164 g/mol. The molecule has 0 saturated carbocycles. The van der Waals surface area contributed by atoms with Crippen molar-refractivity contribution in [2.24, 2.45) is 5.41 Å². The van der Waals surface area contributed by atoms with Gasteiger partial charge in [0.1, 0.15) is 6.61 Å². The second-order valence-corrected chi connectivity index (χ2v) is 3.69. The first-order valence-corrected chi connectivity index (χ1v) is 5.06. The van der Waals surface area contributed by atoms with Crippen molar-refractivity contribution in [2.75, 3.05) is 6.61 Å². The molecule has 2 heteroatoms. The molecule has 1 fully saturated rings. The zero-order valence-electron chi connectivity index (χ0n) is 8.51. The van der Waals surface area contributed by atoms with E-state index in [1.807, 2.05) is 0 Å². The molecule has 13 heavy (non-hydrogen) atoms. The van der Waals surface area contributed by atoms with Gasteiger partial charge in [-0.05, 0) is 19.3 Å². The Kier molecular flexibility index (Phi) is 3.52. The molecule has 0 aromatic heterocycles. The first-order valence-electron chi connectivity index (χ1n) is 5.06. The quantitative estimate of drug-likeness (QED) is 0.495. The Morgan fingerprint density at radius 1 is 1.54 bits per heavy atom. The van der Waals surface area contributed by atoms with Gasteiger partial charge in [0, 0.05) is 11.8 Å². The van der Waals surface area contributed by atoms with Crippen LogP contribution in [0.2, 0.25) is 0 Å². The van der Waals surface area contributed by atoms with Gasteiger partial charge in [0.2, 0.25) is 0 Å². The number of hydrogen-bond acceptors (Lipinski definition) is 2. The fourth-order valence-electron chi connectivity index (χ4n) is 1.62. The molecule has 1 aliphatic rings. The molecule has 0 amide bonds. The Balaban J connectivity index is 2.60. The molecule has 1 atom stereocenters. The molecule has 1 unspecified atom stereocenters. The molecule has 0 aromatic carbocycles.